The van der Waals surface area contributed by atoms with Crippen molar-refractivity contribution in [1.29, 1.82) is 0 Å². The molecule has 1 saturated heterocycles. The highest BCUT2D eigenvalue weighted by molar-refractivity contribution is 5.82. The molecule has 2 heteroatoms. The minimum absolute atomic E-state index is 0.292. The van der Waals surface area contributed by atoms with Gasteiger partial charge in [-0.15, -0.1) is 6.58 Å². The van der Waals surface area contributed by atoms with E-state index in [0.717, 1.165) is 19.5 Å². The molecule has 0 radical (unpaired) electrons. The Kier molecular flexibility index (Phi) is 1.91. The fraction of sp³-hybridized carbons (Fsp3) is 0.700. The van der Waals surface area contributed by atoms with E-state index in [0.29, 0.717) is 17.7 Å². The van der Waals surface area contributed by atoms with Crippen molar-refractivity contribution in [3.63, 3.8) is 0 Å². The van der Waals surface area contributed by atoms with E-state index < -0.39 is 0 Å². The molecule has 0 aromatic carbocycles. The van der Waals surface area contributed by atoms with Crippen LogP contribution in [0.3, 0.4) is 0 Å². The van der Waals surface area contributed by atoms with E-state index >= 15 is 0 Å². The van der Waals surface area contributed by atoms with Crippen LogP contribution in [0.4, 0.5) is 0 Å². The zero-order chi connectivity index (χ0) is 8.55. The molecule has 0 aromatic rings. The molecule has 2 atom stereocenters. The second-order valence-corrected chi connectivity index (χ2v) is 3.77. The molecule has 0 spiro atoms. The summed E-state index contributed by atoms with van der Waals surface area (Å²) in [5.41, 5.74) is 0. The minimum atomic E-state index is 0.292. The molecule has 0 bridgehead atoms. The first-order valence-corrected chi connectivity index (χ1v) is 4.74. The summed E-state index contributed by atoms with van der Waals surface area (Å²) < 4.78 is 0. The molecule has 2 rings (SSSR count). The number of likely N-dealkylation sites (tertiary alicyclic amines) is 1. The molecular formula is C10H15NO. The van der Waals surface area contributed by atoms with E-state index in [4.69, 9.17) is 0 Å². The van der Waals surface area contributed by atoms with Crippen molar-refractivity contribution >= 4 is 5.91 Å². The van der Waals surface area contributed by atoms with Crippen LogP contribution < -0.4 is 0 Å². The molecule has 0 unspecified atom stereocenters. The first kappa shape index (κ1) is 7.84. The Labute approximate surface area is 73.2 Å². The van der Waals surface area contributed by atoms with Crippen LogP contribution in [0.5, 0.6) is 0 Å². The lowest BCUT2D eigenvalue weighted by atomic mass is 10.3. The number of carbonyl (C=O) groups excluding carboxylic acids is 1. The zero-order valence-corrected chi connectivity index (χ0v) is 7.33. The molecule has 2 nitrogen and oxygen atoms in total. The number of allylic oxidation sites excluding steroid dienone is 1. The van der Waals surface area contributed by atoms with Crippen molar-refractivity contribution in [3.05, 3.63) is 12.7 Å². The summed E-state index contributed by atoms with van der Waals surface area (Å²) in [5.74, 6) is 1.15. The van der Waals surface area contributed by atoms with Crippen LogP contribution in [0.15, 0.2) is 12.7 Å². The molecular weight excluding hydrogens is 150 g/mol. The maximum Gasteiger partial charge on any atom is 0.226 e. The highest BCUT2D eigenvalue weighted by atomic mass is 16.2. The van der Waals surface area contributed by atoms with Crippen molar-refractivity contribution in [2.75, 3.05) is 13.1 Å². The first-order chi connectivity index (χ1) is 5.83. The Hall–Kier alpha value is -0.790. The third-order valence-electron chi connectivity index (χ3n) is 2.88. The van der Waals surface area contributed by atoms with Crippen molar-refractivity contribution in [3.8, 4) is 0 Å². The van der Waals surface area contributed by atoms with E-state index in [1.165, 1.54) is 12.8 Å². The number of nitrogens with zero attached hydrogens (tertiary/aromatic N) is 1. The molecule has 12 heavy (non-hydrogen) atoms. The molecule has 66 valence electrons. The Morgan fingerprint density at radius 1 is 1.42 bits per heavy atom. The quantitative estimate of drug-likeness (QED) is 0.567. The van der Waals surface area contributed by atoms with Gasteiger partial charge >= 0.3 is 0 Å². The summed E-state index contributed by atoms with van der Waals surface area (Å²) in [4.78, 5) is 13.7. The average Bonchev–Trinajstić information content (AvgIpc) is 2.68. The Bertz CT molecular complexity index is 206. The second-order valence-electron chi connectivity index (χ2n) is 3.77. The molecule has 0 aromatic heterocycles. The lowest BCUT2D eigenvalue weighted by molar-refractivity contribution is -0.131. The number of hydrogen-bond acceptors (Lipinski definition) is 1. The van der Waals surface area contributed by atoms with Crippen LogP contribution >= 0.6 is 0 Å². The van der Waals surface area contributed by atoms with Crippen LogP contribution in [-0.2, 0) is 4.79 Å². The average molecular weight is 165 g/mol. The summed E-state index contributed by atoms with van der Waals surface area (Å²) in [7, 11) is 0. The maximum absolute atomic E-state index is 11.7. The Morgan fingerprint density at radius 2 is 2.08 bits per heavy atom. The standard InChI is InChI=1S/C10H15NO/c1-2-8-7-9(8)10(12)11-5-3-4-6-11/h2,8-9H,1,3-7H2/t8-,9+/m1/s1. The van der Waals surface area contributed by atoms with Crippen LogP contribution in [0.1, 0.15) is 19.3 Å². The summed E-state index contributed by atoms with van der Waals surface area (Å²) in [6, 6.07) is 0. The summed E-state index contributed by atoms with van der Waals surface area (Å²) in [6.45, 7) is 5.68. The van der Waals surface area contributed by atoms with Gasteiger partial charge < -0.3 is 4.90 Å². The normalized spacial score (nSPS) is 33.5. The predicted octanol–water partition coefficient (Wildman–Crippen LogP) is 1.43. The smallest absolute Gasteiger partial charge is 0.226 e. The lowest BCUT2D eigenvalue weighted by Crippen LogP contribution is -2.29. The molecule has 0 N–H and O–H groups in total. The summed E-state index contributed by atoms with van der Waals surface area (Å²) in [5, 5.41) is 0. The van der Waals surface area contributed by atoms with Crippen LogP contribution in [0.2, 0.25) is 0 Å². The largest absolute Gasteiger partial charge is 0.342 e. The van der Waals surface area contributed by atoms with E-state index in [2.05, 4.69) is 6.58 Å². The minimum Gasteiger partial charge on any atom is -0.342 e. The number of amides is 1. The molecule has 2 fully saturated rings. The van der Waals surface area contributed by atoms with Gasteiger partial charge in [0, 0.05) is 19.0 Å². The number of rotatable bonds is 2. The third kappa shape index (κ3) is 1.26. The molecule has 1 aliphatic heterocycles. The SMILES string of the molecule is C=C[C@@H]1C[C@@H]1C(=O)N1CCCC1. The maximum atomic E-state index is 11.7. The van der Waals surface area contributed by atoms with Crippen molar-refractivity contribution in [2.24, 2.45) is 11.8 Å². The summed E-state index contributed by atoms with van der Waals surface area (Å²) >= 11 is 0. The predicted molar refractivity (Wildman–Crippen MR) is 47.6 cm³/mol. The van der Waals surface area contributed by atoms with Gasteiger partial charge in [0.05, 0.1) is 0 Å². The van der Waals surface area contributed by atoms with Crippen molar-refractivity contribution in [1.82, 2.24) is 4.90 Å². The van der Waals surface area contributed by atoms with Crippen molar-refractivity contribution in [2.45, 2.75) is 19.3 Å². The van der Waals surface area contributed by atoms with E-state index in [1.807, 2.05) is 11.0 Å². The van der Waals surface area contributed by atoms with Gasteiger partial charge in [-0.2, -0.15) is 0 Å². The van der Waals surface area contributed by atoms with Crippen LogP contribution in [-0.4, -0.2) is 23.9 Å². The number of hydrogen-bond donors (Lipinski definition) is 0. The van der Waals surface area contributed by atoms with E-state index in [1.54, 1.807) is 0 Å². The van der Waals surface area contributed by atoms with E-state index in [9.17, 15) is 4.79 Å². The third-order valence-corrected chi connectivity index (χ3v) is 2.88. The summed E-state index contributed by atoms with van der Waals surface area (Å²) in [6.07, 6.45) is 5.34. The topological polar surface area (TPSA) is 20.3 Å². The molecule has 2 aliphatic rings. The van der Waals surface area contributed by atoms with Crippen LogP contribution in [0, 0.1) is 11.8 Å². The lowest BCUT2D eigenvalue weighted by Gasteiger charge is -2.14. The highest BCUT2D eigenvalue weighted by Crippen LogP contribution is 2.41. The Balaban J connectivity index is 1.88. The second kappa shape index (κ2) is 2.92. The molecule has 1 heterocycles. The fourth-order valence-electron chi connectivity index (χ4n) is 1.93. The molecule has 1 saturated carbocycles. The zero-order valence-electron chi connectivity index (χ0n) is 7.33. The van der Waals surface area contributed by atoms with Gasteiger partial charge in [-0.3, -0.25) is 4.79 Å². The van der Waals surface area contributed by atoms with Gasteiger partial charge in [-0.25, -0.2) is 0 Å². The first-order valence-electron chi connectivity index (χ1n) is 4.74. The van der Waals surface area contributed by atoms with Gasteiger partial charge in [0.1, 0.15) is 0 Å². The van der Waals surface area contributed by atoms with Gasteiger partial charge in [-0.1, -0.05) is 6.08 Å². The molecule has 1 aliphatic carbocycles. The van der Waals surface area contributed by atoms with Gasteiger partial charge in [0.2, 0.25) is 5.91 Å². The molecule has 1 amide bonds. The Morgan fingerprint density at radius 3 is 2.58 bits per heavy atom. The van der Waals surface area contributed by atoms with Gasteiger partial charge in [0.15, 0.2) is 0 Å². The van der Waals surface area contributed by atoms with E-state index in [-0.39, 0.29) is 0 Å². The monoisotopic (exact) mass is 165 g/mol. The fourth-order valence-corrected chi connectivity index (χ4v) is 1.93. The van der Waals surface area contributed by atoms with Gasteiger partial charge in [0.25, 0.3) is 0 Å². The number of carbonyl (C=O) groups is 1. The van der Waals surface area contributed by atoms with Crippen LogP contribution in [0.25, 0.3) is 0 Å². The van der Waals surface area contributed by atoms with Crippen molar-refractivity contribution < 1.29 is 4.79 Å². The highest BCUT2D eigenvalue weighted by Gasteiger charge is 2.43. The van der Waals surface area contributed by atoms with Gasteiger partial charge in [-0.05, 0) is 25.2 Å².